The molecule has 324 valence electrons. The first-order valence-electron chi connectivity index (χ1n) is 21.3. The van der Waals surface area contributed by atoms with Crippen LogP contribution in [-0.4, -0.2) is 98.2 Å². The van der Waals surface area contributed by atoms with Gasteiger partial charge in [0.05, 0.1) is 35.3 Å². The van der Waals surface area contributed by atoms with Gasteiger partial charge >= 0.3 is 0 Å². The minimum atomic E-state index is -0.739. The number of nitrogens with one attached hydrogen (secondary N) is 6. The third-order valence-electron chi connectivity index (χ3n) is 12.4. The molecule has 61 heavy (non-hydrogen) atoms. The highest BCUT2D eigenvalue weighted by Gasteiger charge is 2.36. The Labute approximate surface area is 365 Å². The monoisotopic (exact) mass is 874 g/mol. The molecule has 0 bridgehead atoms. The molecule has 6 atom stereocenters. The number of pyridine rings is 2. The molecule has 6 heterocycles. The molecule has 16 heteroatoms. The van der Waals surface area contributed by atoms with E-state index in [0.717, 1.165) is 87.2 Å². The van der Waals surface area contributed by atoms with Crippen LogP contribution in [0, 0.1) is 35.4 Å². The smallest absolute Gasteiger partial charge is 0.232 e. The highest BCUT2D eigenvalue weighted by molar-refractivity contribution is 6.33. The van der Waals surface area contributed by atoms with Gasteiger partial charge in [0.1, 0.15) is 17.5 Å². The second-order valence-corrected chi connectivity index (χ2v) is 17.5. The van der Waals surface area contributed by atoms with Crippen molar-refractivity contribution in [1.82, 2.24) is 20.6 Å². The number of carbonyl (C=O) groups is 2. The summed E-state index contributed by atoms with van der Waals surface area (Å²) in [5, 5.41) is 30.3. The number of benzene rings is 2. The maximum absolute atomic E-state index is 15.3. The maximum Gasteiger partial charge on any atom is 0.232 e. The van der Waals surface area contributed by atoms with Gasteiger partial charge in [-0.25, -0.2) is 14.4 Å². The SMILES string of the molecule is O=C(Nc1cc(-c2cc(NCC3CCOCC3)ccc2Cl)c(F)cn1)[C@H]1CNCC(C2CC(CNc3cccc(-c4cc(NC(=O)[C@H]5CNC[C@@H]5O)ncc4Cl)c3)CCO2)C1. The second kappa shape index (κ2) is 20.2. The molecule has 2 aromatic heterocycles. The van der Waals surface area contributed by atoms with Crippen LogP contribution in [0.3, 0.4) is 0 Å². The first-order valence-corrected chi connectivity index (χ1v) is 22.0. The van der Waals surface area contributed by atoms with E-state index in [9.17, 15) is 14.7 Å². The fourth-order valence-corrected chi connectivity index (χ4v) is 9.24. The van der Waals surface area contributed by atoms with E-state index < -0.39 is 17.8 Å². The van der Waals surface area contributed by atoms with E-state index in [-0.39, 0.29) is 41.1 Å². The second-order valence-electron chi connectivity index (χ2n) is 16.7. The summed E-state index contributed by atoms with van der Waals surface area (Å²) in [6, 6.07) is 16.7. The van der Waals surface area contributed by atoms with Crippen molar-refractivity contribution in [2.45, 2.75) is 44.3 Å². The number of hydrogen-bond donors (Lipinski definition) is 7. The van der Waals surface area contributed by atoms with Crippen LogP contribution >= 0.6 is 23.2 Å². The number of ether oxygens (including phenoxy) is 2. The molecule has 4 aromatic rings. The fraction of sp³-hybridized carbons (Fsp3) is 0.467. The van der Waals surface area contributed by atoms with Crippen molar-refractivity contribution in [2.75, 3.05) is 80.4 Å². The summed E-state index contributed by atoms with van der Waals surface area (Å²) in [6.45, 7) is 5.77. The number of amides is 2. The average Bonchev–Trinajstić information content (AvgIpc) is 3.73. The molecule has 2 aromatic carbocycles. The minimum absolute atomic E-state index is 0.00890. The lowest BCUT2D eigenvalue weighted by molar-refractivity contribution is -0.122. The number of β-amino-alcohol motifs (C(OH)–C–C–N with tert-alkyl or cyclic N) is 1. The Kier molecular flexibility index (Phi) is 14.3. The summed E-state index contributed by atoms with van der Waals surface area (Å²) in [6.07, 6.45) is 6.31. The van der Waals surface area contributed by atoms with Crippen molar-refractivity contribution in [3.8, 4) is 22.3 Å². The van der Waals surface area contributed by atoms with E-state index in [0.29, 0.717) is 65.9 Å². The number of piperidine rings is 1. The predicted molar refractivity (Wildman–Crippen MR) is 236 cm³/mol. The first-order chi connectivity index (χ1) is 29.7. The Hall–Kier alpha value is -4.41. The molecular formula is C45H53Cl2FN8O5. The maximum atomic E-state index is 15.3. The topological polar surface area (TPSA) is 171 Å². The van der Waals surface area contributed by atoms with Gasteiger partial charge in [0.25, 0.3) is 0 Å². The lowest BCUT2D eigenvalue weighted by Crippen LogP contribution is -2.47. The Morgan fingerprint density at radius 1 is 0.754 bits per heavy atom. The standard InChI is InChI=1S/C45H53Cl2FN8O5/c46-37-5-4-32(51-18-26-6-9-60-10-7-26)15-34(37)35-17-43(54-24-39(35)48)55-44(58)30-13-29(20-49-21-30)41-12-27(8-11-61-41)19-52-31-3-1-2-28(14-31)33-16-42(53-23-38(33)47)56-45(59)36-22-50-25-40(36)57/h1-5,14-17,23-24,26-27,29-30,36,40-41,49-52,57H,6-13,18-22,25H2,(H,53,56,59)(H,54,55,58)/t27?,29?,30-,36+,40+,41?/m1/s1. The molecule has 4 aliphatic rings. The molecule has 0 spiro atoms. The van der Waals surface area contributed by atoms with Crippen LogP contribution in [0.25, 0.3) is 22.3 Å². The van der Waals surface area contributed by atoms with Crippen molar-refractivity contribution >= 4 is 58.0 Å². The number of aromatic nitrogens is 2. The third kappa shape index (κ3) is 11.0. The molecule has 0 aliphatic carbocycles. The van der Waals surface area contributed by atoms with E-state index in [4.69, 9.17) is 32.7 Å². The van der Waals surface area contributed by atoms with Crippen LogP contribution in [0.2, 0.25) is 10.0 Å². The van der Waals surface area contributed by atoms with Gasteiger partial charge in [0, 0.05) is 98.4 Å². The Bertz CT molecular complexity index is 2180. The summed E-state index contributed by atoms with van der Waals surface area (Å²) in [4.78, 5) is 34.9. The third-order valence-corrected chi connectivity index (χ3v) is 13.0. The van der Waals surface area contributed by atoms with E-state index >= 15 is 4.39 Å². The molecule has 0 saturated carbocycles. The van der Waals surface area contributed by atoms with Crippen LogP contribution in [0.1, 0.15) is 32.1 Å². The highest BCUT2D eigenvalue weighted by atomic mass is 35.5. The molecule has 13 nitrogen and oxygen atoms in total. The molecule has 4 aliphatic heterocycles. The number of halogens is 3. The van der Waals surface area contributed by atoms with E-state index in [2.05, 4.69) is 41.9 Å². The fourth-order valence-electron chi connectivity index (χ4n) is 8.81. The number of aliphatic hydroxyl groups is 1. The zero-order valence-corrected chi connectivity index (χ0v) is 35.4. The number of nitrogens with zero attached hydrogens (tertiary/aromatic N) is 2. The van der Waals surface area contributed by atoms with Gasteiger partial charge in [-0.1, -0.05) is 35.3 Å². The molecule has 8 rings (SSSR count). The molecular weight excluding hydrogens is 822 g/mol. The van der Waals surface area contributed by atoms with Crippen molar-refractivity contribution in [1.29, 1.82) is 0 Å². The summed E-state index contributed by atoms with van der Waals surface area (Å²) in [5.41, 5.74) is 4.17. The number of rotatable bonds is 13. The minimum Gasteiger partial charge on any atom is -0.391 e. The number of hydrogen-bond acceptors (Lipinski definition) is 11. The lowest BCUT2D eigenvalue weighted by atomic mass is 9.81. The number of aliphatic hydroxyl groups excluding tert-OH is 1. The quantitative estimate of drug-likeness (QED) is 0.0765. The van der Waals surface area contributed by atoms with Gasteiger partial charge in [-0.3, -0.25) is 9.59 Å². The number of anilines is 4. The molecule has 7 N–H and O–H groups in total. The van der Waals surface area contributed by atoms with Gasteiger partial charge in [-0.05, 0) is 97.9 Å². The van der Waals surface area contributed by atoms with Crippen molar-refractivity contribution in [2.24, 2.45) is 29.6 Å². The van der Waals surface area contributed by atoms with Crippen LogP contribution in [-0.2, 0) is 19.1 Å². The average molecular weight is 876 g/mol. The van der Waals surface area contributed by atoms with Crippen LogP contribution in [0.15, 0.2) is 67.0 Å². The van der Waals surface area contributed by atoms with Gasteiger partial charge < -0.3 is 46.5 Å². The van der Waals surface area contributed by atoms with Crippen LogP contribution in [0.5, 0.6) is 0 Å². The van der Waals surface area contributed by atoms with Crippen LogP contribution in [0.4, 0.5) is 27.4 Å². The summed E-state index contributed by atoms with van der Waals surface area (Å²) in [5.74, 6) is -0.225. The number of carbonyl (C=O) groups excluding carboxylic acids is 2. The molecule has 4 saturated heterocycles. The Morgan fingerprint density at radius 3 is 2.28 bits per heavy atom. The summed E-state index contributed by atoms with van der Waals surface area (Å²) in [7, 11) is 0. The van der Waals surface area contributed by atoms with Crippen LogP contribution < -0.4 is 31.9 Å². The first kappa shape index (κ1) is 43.2. The molecule has 0 radical (unpaired) electrons. The van der Waals surface area contributed by atoms with Crippen molar-refractivity contribution < 1.29 is 28.6 Å². The van der Waals surface area contributed by atoms with Crippen molar-refractivity contribution in [3.05, 3.63) is 82.9 Å². The lowest BCUT2D eigenvalue weighted by Gasteiger charge is -2.38. The van der Waals surface area contributed by atoms with Gasteiger partial charge in [0.15, 0.2) is 0 Å². The van der Waals surface area contributed by atoms with Gasteiger partial charge in [-0.15, -0.1) is 0 Å². The summed E-state index contributed by atoms with van der Waals surface area (Å²) >= 11 is 13.2. The molecule has 3 unspecified atom stereocenters. The van der Waals surface area contributed by atoms with Gasteiger partial charge in [0.2, 0.25) is 11.8 Å². The molecule has 2 amide bonds. The van der Waals surface area contributed by atoms with E-state index in [1.165, 1.54) is 6.20 Å². The van der Waals surface area contributed by atoms with Crippen molar-refractivity contribution in [3.63, 3.8) is 0 Å². The van der Waals surface area contributed by atoms with E-state index in [1.807, 2.05) is 36.4 Å². The van der Waals surface area contributed by atoms with E-state index in [1.54, 1.807) is 18.2 Å². The summed E-state index contributed by atoms with van der Waals surface area (Å²) < 4.78 is 27.1. The Balaban J connectivity index is 0.848. The predicted octanol–water partition coefficient (Wildman–Crippen LogP) is 6.69. The highest BCUT2D eigenvalue weighted by Crippen LogP contribution is 2.36. The Morgan fingerprint density at radius 2 is 1.48 bits per heavy atom. The zero-order valence-electron chi connectivity index (χ0n) is 33.9. The van der Waals surface area contributed by atoms with Gasteiger partial charge in [-0.2, -0.15) is 0 Å². The zero-order chi connectivity index (χ0) is 42.3. The molecule has 4 fully saturated rings. The largest absolute Gasteiger partial charge is 0.391 e. The normalized spacial score (nSPS) is 24.5.